The van der Waals surface area contributed by atoms with Crippen LogP contribution in [0.2, 0.25) is 0 Å². The normalized spacial score (nSPS) is 12.4. The number of carbonyl (C=O) groups excluding carboxylic acids is 1. The average molecular weight is 385 g/mol. The molecule has 0 bridgehead atoms. The minimum Gasteiger partial charge on any atom is -0.368 e. The number of benzene rings is 1. The Kier molecular flexibility index (Phi) is 4.77. The monoisotopic (exact) mass is 384 g/mol. The van der Waals surface area contributed by atoms with Crippen LogP contribution >= 0.6 is 15.9 Å². The summed E-state index contributed by atoms with van der Waals surface area (Å²) < 4.78 is 30.1. The smallest absolute Gasteiger partial charge is 0.285 e. The molecule has 2 N–H and O–H groups in total. The lowest BCUT2D eigenvalue weighted by molar-refractivity contribution is -0.118. The first-order valence-corrected chi connectivity index (χ1v) is 8.39. The molecular formula is C13H13BrN4O3S. The Morgan fingerprint density at radius 3 is 2.59 bits per heavy atom. The number of aromatic nitrogens is 2. The van der Waals surface area contributed by atoms with Gasteiger partial charge in [-0.05, 0) is 35.0 Å². The highest BCUT2D eigenvalue weighted by molar-refractivity contribution is 9.10. The van der Waals surface area contributed by atoms with Crippen molar-refractivity contribution in [2.75, 3.05) is 0 Å². The number of carbonyl (C=O) groups is 1. The third kappa shape index (κ3) is 4.01. The standard InChI is InChI=1S/C13H13BrN4O3S/c1-9-2-4-11(5-3-9)22(20,21)17-13-16-6-10(14)7-18(13)8-12(15)19/h2-7H,8H2,1H3,(H2,15,19). The molecule has 0 fully saturated rings. The highest BCUT2D eigenvalue weighted by Gasteiger charge is 2.13. The van der Waals surface area contributed by atoms with E-state index in [-0.39, 0.29) is 17.1 Å². The third-order valence-electron chi connectivity index (χ3n) is 2.69. The summed E-state index contributed by atoms with van der Waals surface area (Å²) in [6, 6.07) is 6.28. The molecule has 1 aromatic heterocycles. The van der Waals surface area contributed by atoms with Gasteiger partial charge in [0.2, 0.25) is 11.5 Å². The van der Waals surface area contributed by atoms with E-state index in [1.165, 1.54) is 29.1 Å². The molecule has 1 heterocycles. The van der Waals surface area contributed by atoms with Crippen molar-refractivity contribution < 1.29 is 13.2 Å². The molecule has 2 rings (SSSR count). The Hall–Kier alpha value is -2.00. The molecule has 0 aliphatic carbocycles. The van der Waals surface area contributed by atoms with E-state index in [4.69, 9.17) is 5.73 Å². The number of sulfonamides is 1. The Morgan fingerprint density at radius 1 is 1.36 bits per heavy atom. The zero-order chi connectivity index (χ0) is 16.3. The van der Waals surface area contributed by atoms with Gasteiger partial charge in [0.1, 0.15) is 6.54 Å². The van der Waals surface area contributed by atoms with E-state index in [0.29, 0.717) is 4.47 Å². The van der Waals surface area contributed by atoms with E-state index < -0.39 is 15.9 Å². The Bertz CT molecular complexity index is 873. The van der Waals surface area contributed by atoms with Crippen LogP contribution in [0.25, 0.3) is 0 Å². The van der Waals surface area contributed by atoms with Crippen molar-refractivity contribution in [2.45, 2.75) is 18.4 Å². The van der Waals surface area contributed by atoms with E-state index in [1.807, 2.05) is 6.92 Å². The van der Waals surface area contributed by atoms with Crippen molar-refractivity contribution in [1.29, 1.82) is 0 Å². The highest BCUT2D eigenvalue weighted by atomic mass is 79.9. The Balaban J connectivity index is 2.56. The lowest BCUT2D eigenvalue weighted by Crippen LogP contribution is -2.31. The number of nitrogens with two attached hydrogens (primary N) is 1. The predicted molar refractivity (Wildman–Crippen MR) is 83.0 cm³/mol. The molecule has 1 amide bonds. The summed E-state index contributed by atoms with van der Waals surface area (Å²) in [5.74, 6) is -0.630. The number of nitrogens with zero attached hydrogens (tertiary/aromatic N) is 3. The van der Waals surface area contributed by atoms with E-state index in [1.54, 1.807) is 12.1 Å². The van der Waals surface area contributed by atoms with Crippen molar-refractivity contribution in [2.24, 2.45) is 10.1 Å². The maximum Gasteiger partial charge on any atom is 0.285 e. The molecule has 0 aliphatic heterocycles. The van der Waals surface area contributed by atoms with Gasteiger partial charge >= 0.3 is 0 Å². The molecule has 116 valence electrons. The zero-order valence-electron chi connectivity index (χ0n) is 11.6. The van der Waals surface area contributed by atoms with Crippen molar-refractivity contribution >= 4 is 31.9 Å². The van der Waals surface area contributed by atoms with Crippen LogP contribution in [0.5, 0.6) is 0 Å². The molecule has 9 heteroatoms. The quantitative estimate of drug-likeness (QED) is 0.837. The summed E-state index contributed by atoms with van der Waals surface area (Å²) in [7, 11) is -3.93. The maximum atomic E-state index is 12.3. The van der Waals surface area contributed by atoms with Crippen LogP contribution in [-0.2, 0) is 21.4 Å². The van der Waals surface area contributed by atoms with Crippen LogP contribution < -0.4 is 11.4 Å². The molecule has 2 aromatic rings. The lowest BCUT2D eigenvalue weighted by Gasteiger charge is -2.05. The predicted octanol–water partition coefficient (Wildman–Crippen LogP) is 0.729. The molecule has 1 aromatic carbocycles. The number of rotatable bonds is 4. The van der Waals surface area contributed by atoms with Gasteiger partial charge in [0.05, 0.1) is 9.37 Å². The van der Waals surface area contributed by atoms with Crippen LogP contribution in [0, 0.1) is 6.92 Å². The molecule has 0 radical (unpaired) electrons. The topological polar surface area (TPSA) is 107 Å². The molecule has 0 saturated heterocycles. The van der Waals surface area contributed by atoms with Crippen LogP contribution in [0.15, 0.2) is 50.4 Å². The second kappa shape index (κ2) is 6.41. The molecule has 0 atom stereocenters. The summed E-state index contributed by atoms with van der Waals surface area (Å²) in [5, 5.41) is 0. The fourth-order valence-corrected chi connectivity index (χ4v) is 2.97. The van der Waals surface area contributed by atoms with Gasteiger partial charge in [-0.15, -0.1) is 4.40 Å². The second-order valence-electron chi connectivity index (χ2n) is 4.55. The fourth-order valence-electron chi connectivity index (χ4n) is 1.66. The first-order valence-electron chi connectivity index (χ1n) is 6.16. The van der Waals surface area contributed by atoms with Gasteiger partial charge in [0.15, 0.2) is 0 Å². The molecular weight excluding hydrogens is 372 g/mol. The van der Waals surface area contributed by atoms with E-state index in [9.17, 15) is 13.2 Å². The number of primary amides is 1. The van der Waals surface area contributed by atoms with E-state index in [0.717, 1.165) is 5.56 Å². The molecule has 0 spiro atoms. The first-order chi connectivity index (χ1) is 10.3. The number of hydrogen-bond donors (Lipinski definition) is 1. The van der Waals surface area contributed by atoms with Crippen LogP contribution in [0.3, 0.4) is 0 Å². The molecule has 0 saturated carbocycles. The van der Waals surface area contributed by atoms with Crippen LogP contribution in [0.4, 0.5) is 0 Å². The molecule has 22 heavy (non-hydrogen) atoms. The van der Waals surface area contributed by atoms with E-state index in [2.05, 4.69) is 25.3 Å². The number of amides is 1. The highest BCUT2D eigenvalue weighted by Crippen LogP contribution is 2.12. The summed E-state index contributed by atoms with van der Waals surface area (Å²) in [6.45, 7) is 1.62. The van der Waals surface area contributed by atoms with Gasteiger partial charge < -0.3 is 10.3 Å². The SMILES string of the molecule is Cc1ccc(S(=O)(=O)N=c2ncc(Br)cn2CC(N)=O)cc1. The minimum absolute atomic E-state index is 0.0495. The summed E-state index contributed by atoms with van der Waals surface area (Å²) >= 11 is 3.19. The van der Waals surface area contributed by atoms with Crippen molar-refractivity contribution in [3.05, 3.63) is 52.3 Å². The van der Waals surface area contributed by atoms with Crippen LogP contribution in [0.1, 0.15) is 5.56 Å². The Labute approximate surface area is 135 Å². The summed E-state index contributed by atoms with van der Waals surface area (Å²) in [4.78, 5) is 15.0. The average Bonchev–Trinajstić information content (AvgIpc) is 2.41. The van der Waals surface area contributed by atoms with Crippen molar-refractivity contribution in [1.82, 2.24) is 9.55 Å². The number of aryl methyl sites for hydroxylation is 1. The largest absolute Gasteiger partial charge is 0.368 e. The lowest BCUT2D eigenvalue weighted by atomic mass is 10.2. The first kappa shape index (κ1) is 16.4. The Morgan fingerprint density at radius 2 is 2.00 bits per heavy atom. The van der Waals surface area contributed by atoms with Gasteiger partial charge in [0.25, 0.3) is 10.0 Å². The zero-order valence-corrected chi connectivity index (χ0v) is 14.0. The van der Waals surface area contributed by atoms with Crippen molar-refractivity contribution in [3.63, 3.8) is 0 Å². The maximum absolute atomic E-state index is 12.3. The van der Waals surface area contributed by atoms with Gasteiger partial charge in [-0.25, -0.2) is 4.98 Å². The van der Waals surface area contributed by atoms with Gasteiger partial charge in [-0.2, -0.15) is 8.42 Å². The number of hydrogen-bond acceptors (Lipinski definition) is 4. The van der Waals surface area contributed by atoms with Gasteiger partial charge in [0, 0.05) is 12.4 Å². The fraction of sp³-hybridized carbons (Fsp3) is 0.154. The number of halogens is 1. The third-order valence-corrected chi connectivity index (χ3v) is 4.37. The minimum atomic E-state index is -3.93. The molecule has 7 nitrogen and oxygen atoms in total. The van der Waals surface area contributed by atoms with Crippen LogP contribution in [-0.4, -0.2) is 23.9 Å². The summed E-state index contributed by atoms with van der Waals surface area (Å²) in [5.41, 5.74) is 5.95. The van der Waals surface area contributed by atoms with Gasteiger partial charge in [-0.3, -0.25) is 4.79 Å². The second-order valence-corrected chi connectivity index (χ2v) is 7.07. The molecule has 0 unspecified atom stereocenters. The van der Waals surface area contributed by atoms with E-state index >= 15 is 0 Å². The molecule has 0 aliphatic rings. The van der Waals surface area contributed by atoms with Gasteiger partial charge in [-0.1, -0.05) is 17.7 Å². The van der Waals surface area contributed by atoms with Crippen molar-refractivity contribution in [3.8, 4) is 0 Å². The summed E-state index contributed by atoms with van der Waals surface area (Å²) in [6.07, 6.45) is 2.88.